The van der Waals surface area contributed by atoms with Gasteiger partial charge in [-0.1, -0.05) is 27.2 Å². The van der Waals surface area contributed by atoms with Crippen LogP contribution in [-0.2, 0) is 9.53 Å². The van der Waals surface area contributed by atoms with Crippen LogP contribution >= 0.6 is 0 Å². The Bertz CT molecular complexity index is 270. The Hall–Kier alpha value is -0.570. The van der Waals surface area contributed by atoms with E-state index < -0.39 is 0 Å². The molecule has 1 saturated carbocycles. The van der Waals surface area contributed by atoms with Crippen molar-refractivity contribution in [3.8, 4) is 0 Å². The van der Waals surface area contributed by atoms with E-state index in [1.807, 2.05) is 0 Å². The average Bonchev–Trinajstić information content (AvgIpc) is 2.59. The Balaban J connectivity index is 2.21. The normalized spacial score (nSPS) is 24.8. The van der Waals surface area contributed by atoms with Gasteiger partial charge < -0.3 is 10.1 Å². The van der Waals surface area contributed by atoms with E-state index in [2.05, 4.69) is 30.8 Å². The lowest BCUT2D eigenvalue weighted by molar-refractivity contribution is -0.140. The molecule has 112 valence electrons. The van der Waals surface area contributed by atoms with Gasteiger partial charge in [-0.15, -0.1) is 0 Å². The molecule has 0 aromatic carbocycles. The van der Waals surface area contributed by atoms with Gasteiger partial charge in [0.25, 0.3) is 0 Å². The van der Waals surface area contributed by atoms with Crippen LogP contribution in [0.2, 0.25) is 0 Å². The molecule has 0 amide bonds. The molecule has 1 aliphatic carbocycles. The van der Waals surface area contributed by atoms with Crippen LogP contribution < -0.4 is 5.32 Å². The van der Waals surface area contributed by atoms with Crippen LogP contribution in [0.5, 0.6) is 0 Å². The number of carbonyl (C=O) groups is 1. The van der Waals surface area contributed by atoms with Crippen molar-refractivity contribution in [3.05, 3.63) is 0 Å². The van der Waals surface area contributed by atoms with Crippen molar-refractivity contribution < 1.29 is 9.53 Å². The molecule has 0 heterocycles. The second-order valence-corrected chi connectivity index (χ2v) is 6.90. The summed E-state index contributed by atoms with van der Waals surface area (Å²) in [6.07, 6.45) is 8.00. The summed E-state index contributed by atoms with van der Waals surface area (Å²) in [5.41, 5.74) is 0.444. The number of ether oxygens (including phenoxy) is 1. The fourth-order valence-corrected chi connectivity index (χ4v) is 3.01. The number of carbonyl (C=O) groups excluding carboxylic acids is 1. The van der Waals surface area contributed by atoms with Crippen LogP contribution in [0.4, 0.5) is 0 Å². The molecular formula is C16H31NO2. The molecule has 1 aliphatic rings. The van der Waals surface area contributed by atoms with Crippen molar-refractivity contribution in [2.75, 3.05) is 13.7 Å². The molecule has 0 aromatic heterocycles. The smallest absolute Gasteiger partial charge is 0.305 e. The van der Waals surface area contributed by atoms with Gasteiger partial charge in [0.05, 0.1) is 7.11 Å². The number of methoxy groups -OCH3 is 1. The van der Waals surface area contributed by atoms with Crippen molar-refractivity contribution >= 4 is 5.97 Å². The van der Waals surface area contributed by atoms with E-state index in [0.29, 0.717) is 17.9 Å². The minimum atomic E-state index is -0.101. The molecule has 19 heavy (non-hydrogen) atoms. The van der Waals surface area contributed by atoms with E-state index in [0.717, 1.165) is 18.9 Å². The van der Waals surface area contributed by atoms with Gasteiger partial charge in [-0.25, -0.2) is 0 Å². The highest BCUT2D eigenvalue weighted by atomic mass is 16.5. The largest absolute Gasteiger partial charge is 0.469 e. The predicted octanol–water partition coefficient (Wildman–Crippen LogP) is 3.52. The monoisotopic (exact) mass is 269 g/mol. The van der Waals surface area contributed by atoms with Gasteiger partial charge in [0.2, 0.25) is 0 Å². The molecule has 0 bridgehead atoms. The Morgan fingerprint density at radius 1 is 1.21 bits per heavy atom. The highest BCUT2D eigenvalue weighted by molar-refractivity contribution is 5.69. The van der Waals surface area contributed by atoms with E-state index >= 15 is 0 Å². The lowest BCUT2D eigenvalue weighted by Crippen LogP contribution is -2.30. The predicted molar refractivity (Wildman–Crippen MR) is 79.1 cm³/mol. The number of nitrogens with one attached hydrogen (secondary N) is 1. The second-order valence-electron chi connectivity index (χ2n) is 6.90. The third-order valence-electron chi connectivity index (χ3n) is 4.41. The van der Waals surface area contributed by atoms with Crippen molar-refractivity contribution in [2.45, 2.75) is 71.8 Å². The molecule has 0 saturated heterocycles. The number of hydrogen-bond acceptors (Lipinski definition) is 3. The maximum atomic E-state index is 11.0. The summed E-state index contributed by atoms with van der Waals surface area (Å²) in [5, 5.41) is 3.61. The second kappa shape index (κ2) is 7.88. The van der Waals surface area contributed by atoms with Gasteiger partial charge in [-0.05, 0) is 50.0 Å². The molecule has 1 rings (SSSR count). The minimum absolute atomic E-state index is 0.101. The van der Waals surface area contributed by atoms with Gasteiger partial charge in [0.1, 0.15) is 0 Å². The lowest BCUT2D eigenvalue weighted by atomic mass is 9.76. The van der Waals surface area contributed by atoms with Gasteiger partial charge in [0, 0.05) is 12.5 Å². The van der Waals surface area contributed by atoms with Crippen LogP contribution in [0.25, 0.3) is 0 Å². The fourth-order valence-electron chi connectivity index (χ4n) is 3.01. The first kappa shape index (κ1) is 16.5. The lowest BCUT2D eigenvalue weighted by Gasteiger charge is -2.29. The maximum Gasteiger partial charge on any atom is 0.305 e. The van der Waals surface area contributed by atoms with E-state index in [1.54, 1.807) is 0 Å². The first-order valence-corrected chi connectivity index (χ1v) is 7.73. The molecule has 1 N–H and O–H groups in total. The summed E-state index contributed by atoms with van der Waals surface area (Å²) in [7, 11) is 1.45. The first-order valence-electron chi connectivity index (χ1n) is 7.73. The topological polar surface area (TPSA) is 38.3 Å². The molecule has 0 radical (unpaired) electrons. The van der Waals surface area contributed by atoms with Gasteiger partial charge in [0.15, 0.2) is 0 Å². The zero-order chi connectivity index (χ0) is 14.3. The van der Waals surface area contributed by atoms with Crippen LogP contribution in [0.3, 0.4) is 0 Å². The van der Waals surface area contributed by atoms with Crippen LogP contribution in [0.1, 0.15) is 65.7 Å². The molecule has 3 heteroatoms. The molecular weight excluding hydrogens is 238 g/mol. The quantitative estimate of drug-likeness (QED) is 0.471. The third kappa shape index (κ3) is 6.42. The average molecular weight is 269 g/mol. The summed E-state index contributed by atoms with van der Waals surface area (Å²) >= 11 is 0. The molecule has 2 atom stereocenters. The van der Waals surface area contributed by atoms with Crippen molar-refractivity contribution in [1.82, 2.24) is 5.32 Å². The third-order valence-corrected chi connectivity index (χ3v) is 4.41. The first-order chi connectivity index (χ1) is 8.93. The van der Waals surface area contributed by atoms with Gasteiger partial charge in [-0.2, -0.15) is 0 Å². The van der Waals surface area contributed by atoms with Crippen LogP contribution in [-0.4, -0.2) is 25.7 Å². The summed E-state index contributed by atoms with van der Waals surface area (Å²) in [4.78, 5) is 11.0. The zero-order valence-electron chi connectivity index (χ0n) is 13.1. The Morgan fingerprint density at radius 3 is 2.58 bits per heavy atom. The molecule has 0 aliphatic heterocycles. The zero-order valence-corrected chi connectivity index (χ0v) is 13.1. The Labute approximate surface area is 118 Å². The molecule has 0 aromatic rings. The minimum Gasteiger partial charge on any atom is -0.469 e. The highest BCUT2D eigenvalue weighted by Crippen LogP contribution is 2.36. The number of esters is 1. The highest BCUT2D eigenvalue weighted by Gasteiger charge is 2.27. The van der Waals surface area contributed by atoms with Crippen LogP contribution in [0.15, 0.2) is 0 Å². The summed E-state index contributed by atoms with van der Waals surface area (Å²) in [6, 6.07) is 0.644. The van der Waals surface area contributed by atoms with E-state index in [1.165, 1.54) is 39.2 Å². The van der Waals surface area contributed by atoms with E-state index in [9.17, 15) is 4.79 Å². The molecule has 3 nitrogen and oxygen atoms in total. The van der Waals surface area contributed by atoms with Crippen LogP contribution in [0, 0.1) is 11.3 Å². The standard InChI is InChI=1S/C16H31NO2/c1-16(2,3)13-7-5-8-14(11-10-13)17-12-6-9-15(18)19-4/h13-14,17H,5-12H2,1-4H3. The van der Waals surface area contributed by atoms with Crippen molar-refractivity contribution in [2.24, 2.45) is 11.3 Å². The maximum absolute atomic E-state index is 11.0. The van der Waals surface area contributed by atoms with Crippen molar-refractivity contribution in [1.29, 1.82) is 0 Å². The van der Waals surface area contributed by atoms with E-state index in [-0.39, 0.29) is 5.97 Å². The van der Waals surface area contributed by atoms with Gasteiger partial charge >= 0.3 is 5.97 Å². The van der Waals surface area contributed by atoms with Gasteiger partial charge in [-0.3, -0.25) is 4.79 Å². The molecule has 0 spiro atoms. The molecule has 1 fully saturated rings. The Morgan fingerprint density at radius 2 is 1.95 bits per heavy atom. The summed E-state index contributed by atoms with van der Waals surface area (Å²) < 4.78 is 4.65. The number of hydrogen-bond donors (Lipinski definition) is 1. The van der Waals surface area contributed by atoms with Crippen molar-refractivity contribution in [3.63, 3.8) is 0 Å². The fraction of sp³-hybridized carbons (Fsp3) is 0.938. The molecule has 2 unspecified atom stereocenters. The SMILES string of the molecule is COC(=O)CCCNC1CCCC(C(C)(C)C)CC1. The summed E-state index contributed by atoms with van der Waals surface area (Å²) in [5.74, 6) is 0.754. The summed E-state index contributed by atoms with van der Waals surface area (Å²) in [6.45, 7) is 8.02. The Kier molecular flexibility index (Phi) is 6.84. The number of rotatable bonds is 5. The van der Waals surface area contributed by atoms with E-state index in [4.69, 9.17) is 0 Å².